The van der Waals surface area contributed by atoms with Crippen LogP contribution in [0.2, 0.25) is 0 Å². The second-order valence-electron chi connectivity index (χ2n) is 4.18. The second-order valence-corrected chi connectivity index (χ2v) is 4.18. The van der Waals surface area contributed by atoms with E-state index in [1.54, 1.807) is 0 Å². The van der Waals surface area contributed by atoms with Crippen molar-refractivity contribution in [1.29, 1.82) is 0 Å². The minimum Gasteiger partial charge on any atom is -0.398 e. The van der Waals surface area contributed by atoms with Gasteiger partial charge in [-0.2, -0.15) is 0 Å². The third kappa shape index (κ3) is 1.74. The molecular formula is C12H16N4. The van der Waals surface area contributed by atoms with Crippen molar-refractivity contribution in [3.05, 3.63) is 41.6 Å². The Kier molecular flexibility index (Phi) is 2.34. The molecular weight excluding hydrogens is 200 g/mol. The molecule has 0 fully saturated rings. The van der Waals surface area contributed by atoms with Gasteiger partial charge in [0.15, 0.2) is 5.96 Å². The molecule has 0 amide bonds. The van der Waals surface area contributed by atoms with Crippen molar-refractivity contribution in [2.45, 2.75) is 19.4 Å². The van der Waals surface area contributed by atoms with Gasteiger partial charge in [0.1, 0.15) is 5.54 Å². The largest absolute Gasteiger partial charge is 0.398 e. The Bertz CT molecular complexity index is 456. The summed E-state index contributed by atoms with van der Waals surface area (Å²) in [5.74, 6) is 0.422. The van der Waals surface area contributed by atoms with Crippen LogP contribution >= 0.6 is 0 Å². The van der Waals surface area contributed by atoms with E-state index in [4.69, 9.17) is 11.5 Å². The third-order valence-corrected chi connectivity index (χ3v) is 2.68. The van der Waals surface area contributed by atoms with Crippen molar-refractivity contribution in [1.82, 2.24) is 5.32 Å². The zero-order valence-electron chi connectivity index (χ0n) is 9.49. The van der Waals surface area contributed by atoms with Crippen molar-refractivity contribution in [3.63, 3.8) is 0 Å². The van der Waals surface area contributed by atoms with Crippen molar-refractivity contribution < 1.29 is 0 Å². The van der Waals surface area contributed by atoms with E-state index in [1.807, 2.05) is 44.2 Å². The number of para-hydroxylation sites is 1. The molecule has 2 rings (SSSR count). The summed E-state index contributed by atoms with van der Waals surface area (Å²) in [6.07, 6.45) is 2.02. The molecule has 0 aromatic heterocycles. The van der Waals surface area contributed by atoms with Gasteiger partial charge in [-0.15, -0.1) is 0 Å². The van der Waals surface area contributed by atoms with Crippen LogP contribution in [0.5, 0.6) is 0 Å². The smallest absolute Gasteiger partial charge is 0.194 e. The summed E-state index contributed by atoms with van der Waals surface area (Å²) in [4.78, 5) is 4.42. The Labute approximate surface area is 95.1 Å². The lowest BCUT2D eigenvalue weighted by molar-refractivity contribution is 0.609. The summed E-state index contributed by atoms with van der Waals surface area (Å²) in [5.41, 5.74) is 13.9. The summed E-state index contributed by atoms with van der Waals surface area (Å²) in [6.45, 7) is 3.95. The first-order chi connectivity index (χ1) is 7.51. The molecule has 1 atom stereocenters. The Balaban J connectivity index is 2.54. The molecule has 4 nitrogen and oxygen atoms in total. The maximum atomic E-state index is 5.97. The van der Waals surface area contributed by atoms with E-state index in [-0.39, 0.29) is 0 Å². The minimum atomic E-state index is -0.481. The van der Waals surface area contributed by atoms with Crippen molar-refractivity contribution in [2.24, 2.45) is 10.7 Å². The first-order valence-corrected chi connectivity index (χ1v) is 5.18. The summed E-state index contributed by atoms with van der Waals surface area (Å²) in [5, 5.41) is 2.97. The maximum absolute atomic E-state index is 5.97. The van der Waals surface area contributed by atoms with Crippen LogP contribution in [0.1, 0.15) is 19.4 Å². The fraction of sp³-hybridized carbons (Fsp3) is 0.250. The SMILES string of the molecule is CC1=CC(C)(c2ccccc2N)N=C(N)N1. The fourth-order valence-corrected chi connectivity index (χ4v) is 2.07. The van der Waals surface area contributed by atoms with E-state index in [0.717, 1.165) is 16.9 Å². The molecule has 0 bridgehead atoms. The molecule has 5 N–H and O–H groups in total. The second kappa shape index (κ2) is 3.56. The van der Waals surface area contributed by atoms with Gasteiger partial charge in [0, 0.05) is 16.9 Å². The van der Waals surface area contributed by atoms with Gasteiger partial charge in [0.05, 0.1) is 0 Å². The molecule has 0 spiro atoms. The van der Waals surface area contributed by atoms with Crippen LogP contribution in [0.3, 0.4) is 0 Å². The number of hydrogen-bond donors (Lipinski definition) is 3. The number of rotatable bonds is 1. The fourth-order valence-electron chi connectivity index (χ4n) is 2.07. The van der Waals surface area contributed by atoms with Crippen LogP contribution in [0.15, 0.2) is 41.0 Å². The van der Waals surface area contributed by atoms with E-state index in [1.165, 1.54) is 0 Å². The minimum absolute atomic E-state index is 0.422. The topological polar surface area (TPSA) is 76.4 Å². The average Bonchev–Trinajstić information content (AvgIpc) is 2.15. The Hall–Kier alpha value is -1.97. The van der Waals surface area contributed by atoms with E-state index in [2.05, 4.69) is 10.3 Å². The van der Waals surface area contributed by atoms with Gasteiger partial charge >= 0.3 is 0 Å². The average molecular weight is 216 g/mol. The number of allylic oxidation sites excluding steroid dienone is 1. The van der Waals surface area contributed by atoms with Gasteiger partial charge in [0.25, 0.3) is 0 Å². The molecule has 1 heterocycles. The first-order valence-electron chi connectivity index (χ1n) is 5.18. The number of anilines is 1. The van der Waals surface area contributed by atoms with Crippen molar-refractivity contribution in [3.8, 4) is 0 Å². The van der Waals surface area contributed by atoms with Crippen LogP contribution in [0.4, 0.5) is 5.69 Å². The number of aliphatic imine (C=N–C) groups is 1. The Morgan fingerprint density at radius 2 is 1.94 bits per heavy atom. The summed E-state index contributed by atoms with van der Waals surface area (Å²) < 4.78 is 0. The Morgan fingerprint density at radius 3 is 2.56 bits per heavy atom. The predicted octanol–water partition coefficient (Wildman–Crippen LogP) is 1.31. The molecule has 1 aromatic rings. The van der Waals surface area contributed by atoms with Gasteiger partial charge in [-0.3, -0.25) is 0 Å². The molecule has 1 unspecified atom stereocenters. The number of nitrogens with zero attached hydrogens (tertiary/aromatic N) is 1. The summed E-state index contributed by atoms with van der Waals surface area (Å²) >= 11 is 0. The quantitative estimate of drug-likeness (QED) is 0.619. The van der Waals surface area contributed by atoms with Crippen LogP contribution in [-0.2, 0) is 5.54 Å². The zero-order valence-corrected chi connectivity index (χ0v) is 9.49. The number of nitrogens with two attached hydrogens (primary N) is 2. The Morgan fingerprint density at radius 1 is 1.25 bits per heavy atom. The van der Waals surface area contributed by atoms with Gasteiger partial charge in [-0.05, 0) is 26.0 Å². The molecule has 1 aromatic carbocycles. The van der Waals surface area contributed by atoms with Gasteiger partial charge in [-0.1, -0.05) is 18.2 Å². The highest BCUT2D eigenvalue weighted by molar-refractivity contribution is 5.82. The third-order valence-electron chi connectivity index (χ3n) is 2.68. The molecule has 0 radical (unpaired) electrons. The van der Waals surface area contributed by atoms with Gasteiger partial charge in [0.2, 0.25) is 0 Å². The molecule has 4 heteroatoms. The molecule has 84 valence electrons. The number of guanidine groups is 1. The highest BCUT2D eigenvalue weighted by Gasteiger charge is 2.28. The lowest BCUT2D eigenvalue weighted by Gasteiger charge is -2.29. The maximum Gasteiger partial charge on any atom is 0.194 e. The monoisotopic (exact) mass is 216 g/mol. The van der Waals surface area contributed by atoms with E-state index in [0.29, 0.717) is 5.96 Å². The zero-order chi connectivity index (χ0) is 11.8. The standard InChI is InChI=1S/C12H16N4/c1-8-7-12(2,16-11(14)15-8)9-5-3-4-6-10(9)13/h3-7H,13H2,1-2H3,(H3,14,15,16). The number of benzene rings is 1. The van der Waals surface area contributed by atoms with Crippen LogP contribution in [-0.4, -0.2) is 5.96 Å². The van der Waals surface area contributed by atoms with Crippen LogP contribution in [0.25, 0.3) is 0 Å². The van der Waals surface area contributed by atoms with Crippen molar-refractivity contribution in [2.75, 3.05) is 5.73 Å². The van der Waals surface area contributed by atoms with E-state index < -0.39 is 5.54 Å². The number of nitrogens with one attached hydrogen (secondary N) is 1. The lowest BCUT2D eigenvalue weighted by atomic mass is 9.89. The predicted molar refractivity (Wildman–Crippen MR) is 66.7 cm³/mol. The van der Waals surface area contributed by atoms with Crippen LogP contribution < -0.4 is 16.8 Å². The number of nitrogen functional groups attached to an aromatic ring is 1. The normalized spacial score (nSPS) is 24.4. The molecule has 16 heavy (non-hydrogen) atoms. The van der Waals surface area contributed by atoms with Gasteiger partial charge in [-0.25, -0.2) is 4.99 Å². The van der Waals surface area contributed by atoms with E-state index >= 15 is 0 Å². The summed E-state index contributed by atoms with van der Waals surface area (Å²) in [7, 11) is 0. The first kappa shape index (κ1) is 10.5. The molecule has 1 aliphatic rings. The lowest BCUT2D eigenvalue weighted by Crippen LogP contribution is -2.38. The molecule has 0 aliphatic carbocycles. The highest BCUT2D eigenvalue weighted by Crippen LogP contribution is 2.33. The summed E-state index contributed by atoms with van der Waals surface area (Å²) in [6, 6.07) is 7.71. The molecule has 0 saturated carbocycles. The van der Waals surface area contributed by atoms with Crippen LogP contribution in [0, 0.1) is 0 Å². The number of hydrogen-bond acceptors (Lipinski definition) is 4. The van der Waals surface area contributed by atoms with Crippen molar-refractivity contribution >= 4 is 11.6 Å². The molecule has 0 saturated heterocycles. The van der Waals surface area contributed by atoms with E-state index in [9.17, 15) is 0 Å². The highest BCUT2D eigenvalue weighted by atomic mass is 15.1. The van der Waals surface area contributed by atoms with Gasteiger partial charge < -0.3 is 16.8 Å². The molecule has 1 aliphatic heterocycles.